The van der Waals surface area contributed by atoms with Crippen LogP contribution in [0.4, 0.5) is 0 Å². The monoisotopic (exact) mass is 226 g/mol. The van der Waals surface area contributed by atoms with Gasteiger partial charge in [0.25, 0.3) is 0 Å². The molecule has 1 aliphatic carbocycles. The summed E-state index contributed by atoms with van der Waals surface area (Å²) in [6.07, 6.45) is 8.01. The maximum Gasteiger partial charge on any atom is 0.209 e. The van der Waals surface area contributed by atoms with Crippen molar-refractivity contribution in [1.29, 1.82) is 0 Å². The van der Waals surface area contributed by atoms with Crippen molar-refractivity contribution in [3.05, 3.63) is 12.2 Å². The Balaban J connectivity index is 1.99. The minimum atomic E-state index is 0.0686. The summed E-state index contributed by atoms with van der Waals surface area (Å²) in [5, 5.41) is 21.5. The Kier molecular flexibility index (Phi) is 3.74. The van der Waals surface area contributed by atoms with E-state index in [1.807, 2.05) is 0 Å². The third-order valence-electron chi connectivity index (χ3n) is 2.28. The van der Waals surface area contributed by atoms with Crippen LogP contribution in [-0.4, -0.2) is 37.2 Å². The van der Waals surface area contributed by atoms with E-state index in [-0.39, 0.29) is 6.61 Å². The fourth-order valence-corrected chi connectivity index (χ4v) is 2.61. The highest BCUT2D eigenvalue weighted by Crippen LogP contribution is 2.28. The molecule has 1 aromatic heterocycles. The molecule has 0 spiro atoms. The quantitative estimate of drug-likeness (QED) is 0.772. The van der Waals surface area contributed by atoms with Gasteiger partial charge in [0.15, 0.2) is 0 Å². The van der Waals surface area contributed by atoms with Crippen molar-refractivity contribution in [2.24, 2.45) is 0 Å². The minimum Gasteiger partial charge on any atom is -0.394 e. The summed E-state index contributed by atoms with van der Waals surface area (Å²) < 4.78 is 1.65. The molecule has 1 heterocycles. The molecule has 0 aliphatic heterocycles. The highest BCUT2D eigenvalue weighted by atomic mass is 32.2. The number of aliphatic hydroxyl groups is 1. The molecule has 2 rings (SSSR count). The first kappa shape index (κ1) is 10.6. The number of tetrazole rings is 1. The molecule has 0 radical (unpaired) electrons. The number of thioether (sulfide) groups is 1. The molecule has 1 unspecified atom stereocenters. The van der Waals surface area contributed by atoms with E-state index in [0.717, 1.165) is 5.16 Å². The Labute approximate surface area is 92.6 Å². The highest BCUT2D eigenvalue weighted by molar-refractivity contribution is 7.99. The van der Waals surface area contributed by atoms with Gasteiger partial charge in [-0.05, 0) is 29.7 Å². The van der Waals surface area contributed by atoms with E-state index < -0.39 is 0 Å². The van der Waals surface area contributed by atoms with Crippen LogP contribution in [0.5, 0.6) is 0 Å². The van der Waals surface area contributed by atoms with Crippen LogP contribution in [0, 0.1) is 0 Å². The van der Waals surface area contributed by atoms with Gasteiger partial charge < -0.3 is 5.11 Å². The zero-order valence-corrected chi connectivity index (χ0v) is 9.23. The molecule has 0 amide bonds. The lowest BCUT2D eigenvalue weighted by atomic mass is 10.1. The number of aromatic nitrogens is 4. The lowest BCUT2D eigenvalue weighted by Gasteiger charge is -2.14. The van der Waals surface area contributed by atoms with E-state index in [0.29, 0.717) is 11.8 Å². The van der Waals surface area contributed by atoms with Crippen molar-refractivity contribution in [3.8, 4) is 0 Å². The average Bonchev–Trinajstić information content (AvgIpc) is 2.68. The lowest BCUT2D eigenvalue weighted by Crippen LogP contribution is -2.09. The van der Waals surface area contributed by atoms with E-state index in [4.69, 9.17) is 5.11 Å². The van der Waals surface area contributed by atoms with E-state index >= 15 is 0 Å². The summed E-state index contributed by atoms with van der Waals surface area (Å²) in [6.45, 7) is 0.533. The Morgan fingerprint density at radius 2 is 2.53 bits per heavy atom. The van der Waals surface area contributed by atoms with Crippen LogP contribution < -0.4 is 0 Å². The van der Waals surface area contributed by atoms with Crippen LogP contribution in [0.1, 0.15) is 19.3 Å². The van der Waals surface area contributed by atoms with Crippen LogP contribution in [0.2, 0.25) is 0 Å². The van der Waals surface area contributed by atoms with Gasteiger partial charge in [-0.25, -0.2) is 4.68 Å². The predicted octanol–water partition coefficient (Wildman–Crippen LogP) is 0.866. The van der Waals surface area contributed by atoms with Crippen molar-refractivity contribution < 1.29 is 5.11 Å². The molecule has 1 aromatic rings. The molecule has 6 heteroatoms. The molecule has 15 heavy (non-hydrogen) atoms. The predicted molar refractivity (Wildman–Crippen MR) is 57.5 cm³/mol. The second-order valence-corrected chi connectivity index (χ2v) is 4.63. The van der Waals surface area contributed by atoms with Crippen LogP contribution in [0.15, 0.2) is 17.3 Å². The number of hydrogen-bond donors (Lipinski definition) is 1. The molecule has 82 valence electrons. The van der Waals surface area contributed by atoms with Gasteiger partial charge in [-0.15, -0.1) is 5.10 Å². The summed E-state index contributed by atoms with van der Waals surface area (Å²) in [7, 11) is 0. The number of hydrogen-bond acceptors (Lipinski definition) is 5. The fourth-order valence-electron chi connectivity index (χ4n) is 1.53. The summed E-state index contributed by atoms with van der Waals surface area (Å²) in [6, 6.07) is 0. The molecule has 5 nitrogen and oxygen atoms in total. The zero-order chi connectivity index (χ0) is 10.5. The molecule has 0 bridgehead atoms. The van der Waals surface area contributed by atoms with Gasteiger partial charge in [0.1, 0.15) is 0 Å². The second kappa shape index (κ2) is 5.27. The van der Waals surface area contributed by atoms with Crippen molar-refractivity contribution in [2.45, 2.75) is 36.2 Å². The van der Waals surface area contributed by atoms with Crippen LogP contribution >= 0.6 is 11.8 Å². The normalized spacial score (nSPS) is 20.7. The maximum atomic E-state index is 8.83. The highest BCUT2D eigenvalue weighted by Gasteiger charge is 2.14. The van der Waals surface area contributed by atoms with Gasteiger partial charge in [0, 0.05) is 5.25 Å². The first-order chi connectivity index (χ1) is 7.40. The summed E-state index contributed by atoms with van der Waals surface area (Å²) in [5.41, 5.74) is 0. The molecular formula is C9H14N4OS. The minimum absolute atomic E-state index is 0.0686. The van der Waals surface area contributed by atoms with Gasteiger partial charge in [-0.1, -0.05) is 23.9 Å². The SMILES string of the molecule is OCCn1nnnc1SC1C=CCCC1. The third-order valence-corrected chi connectivity index (χ3v) is 3.48. The smallest absolute Gasteiger partial charge is 0.209 e. The van der Waals surface area contributed by atoms with Gasteiger partial charge in [-0.3, -0.25) is 0 Å². The van der Waals surface area contributed by atoms with Crippen molar-refractivity contribution >= 4 is 11.8 Å². The molecule has 0 fully saturated rings. The number of allylic oxidation sites excluding steroid dienone is 1. The molecular weight excluding hydrogens is 212 g/mol. The molecule has 0 aromatic carbocycles. The van der Waals surface area contributed by atoms with Crippen LogP contribution in [0.25, 0.3) is 0 Å². The van der Waals surface area contributed by atoms with Crippen molar-refractivity contribution in [1.82, 2.24) is 20.2 Å². The second-order valence-electron chi connectivity index (χ2n) is 3.42. The third kappa shape index (κ3) is 2.79. The fraction of sp³-hybridized carbons (Fsp3) is 0.667. The van der Waals surface area contributed by atoms with Gasteiger partial charge in [0.05, 0.1) is 13.2 Å². The summed E-state index contributed by atoms with van der Waals surface area (Å²) >= 11 is 1.67. The lowest BCUT2D eigenvalue weighted by molar-refractivity contribution is 0.262. The first-order valence-electron chi connectivity index (χ1n) is 5.10. The van der Waals surface area contributed by atoms with Crippen LogP contribution in [0.3, 0.4) is 0 Å². The van der Waals surface area contributed by atoms with Gasteiger partial charge >= 0.3 is 0 Å². The van der Waals surface area contributed by atoms with Gasteiger partial charge in [-0.2, -0.15) is 0 Å². The zero-order valence-electron chi connectivity index (χ0n) is 8.41. The van der Waals surface area contributed by atoms with Crippen molar-refractivity contribution in [3.63, 3.8) is 0 Å². The Hall–Kier alpha value is -0.880. The Morgan fingerprint density at radius 1 is 1.60 bits per heavy atom. The standard InChI is InChI=1S/C9H14N4OS/c14-7-6-13-9(10-11-12-13)15-8-4-2-1-3-5-8/h2,4,8,14H,1,3,5-7H2. The Morgan fingerprint density at radius 3 is 3.27 bits per heavy atom. The average molecular weight is 226 g/mol. The molecule has 1 N–H and O–H groups in total. The number of aliphatic hydroxyl groups excluding tert-OH is 1. The molecule has 1 atom stereocenters. The van der Waals surface area contributed by atoms with E-state index in [1.165, 1.54) is 19.3 Å². The molecule has 0 saturated heterocycles. The van der Waals surface area contributed by atoms with E-state index in [9.17, 15) is 0 Å². The van der Waals surface area contributed by atoms with Crippen molar-refractivity contribution in [2.75, 3.05) is 6.61 Å². The molecule has 1 aliphatic rings. The van der Waals surface area contributed by atoms with E-state index in [2.05, 4.69) is 27.7 Å². The first-order valence-corrected chi connectivity index (χ1v) is 5.98. The summed E-state index contributed by atoms with van der Waals surface area (Å²) in [4.78, 5) is 0. The topological polar surface area (TPSA) is 63.8 Å². The number of rotatable bonds is 4. The van der Waals surface area contributed by atoms with Gasteiger partial charge in [0.2, 0.25) is 5.16 Å². The van der Waals surface area contributed by atoms with Crippen LogP contribution in [-0.2, 0) is 6.54 Å². The summed E-state index contributed by atoms with van der Waals surface area (Å²) in [5.74, 6) is 0. The van der Waals surface area contributed by atoms with E-state index in [1.54, 1.807) is 16.4 Å². The largest absolute Gasteiger partial charge is 0.394 e. The molecule has 0 saturated carbocycles. The number of nitrogens with zero attached hydrogens (tertiary/aromatic N) is 4. The maximum absolute atomic E-state index is 8.83. The Bertz CT molecular complexity index is 339.